The summed E-state index contributed by atoms with van der Waals surface area (Å²) in [5, 5.41) is 5.56. The molecule has 28 heavy (non-hydrogen) atoms. The van der Waals surface area contributed by atoms with Crippen molar-refractivity contribution in [3.63, 3.8) is 0 Å². The van der Waals surface area contributed by atoms with E-state index in [0.717, 1.165) is 29.7 Å². The summed E-state index contributed by atoms with van der Waals surface area (Å²) < 4.78 is 30.4. The molecule has 5 nitrogen and oxygen atoms in total. The number of hydrogen-bond donors (Lipinski definition) is 2. The van der Waals surface area contributed by atoms with Gasteiger partial charge < -0.3 is 20.3 Å². The topological polar surface area (TPSA) is 53.6 Å². The quantitative estimate of drug-likeness (QED) is 0.653. The number of carbonyl (C=O) groups excluding carboxylic acids is 1. The van der Waals surface area contributed by atoms with E-state index in [-0.39, 0.29) is 18.3 Å². The predicted molar refractivity (Wildman–Crippen MR) is 108 cm³/mol. The van der Waals surface area contributed by atoms with Crippen molar-refractivity contribution in [2.24, 2.45) is 5.92 Å². The van der Waals surface area contributed by atoms with E-state index in [0.29, 0.717) is 18.0 Å². The first-order chi connectivity index (χ1) is 13.5. The summed E-state index contributed by atoms with van der Waals surface area (Å²) >= 11 is 3.49. The molecule has 2 aromatic rings. The van der Waals surface area contributed by atoms with Crippen molar-refractivity contribution in [2.75, 3.05) is 24.5 Å². The lowest BCUT2D eigenvalue weighted by atomic mass is 10.1. The Bertz CT molecular complexity index is 807. The number of halogens is 3. The normalized spacial score (nSPS) is 16.3. The molecular weight excluding hydrogens is 432 g/mol. The van der Waals surface area contributed by atoms with Gasteiger partial charge in [0.2, 0.25) is 0 Å². The molecule has 8 heteroatoms. The van der Waals surface area contributed by atoms with Gasteiger partial charge >= 0.3 is 12.6 Å². The third-order valence-corrected chi connectivity index (χ3v) is 5.13. The van der Waals surface area contributed by atoms with Crippen LogP contribution in [0.25, 0.3) is 0 Å². The molecule has 2 aromatic carbocycles. The van der Waals surface area contributed by atoms with Crippen molar-refractivity contribution >= 4 is 27.6 Å². The van der Waals surface area contributed by atoms with Gasteiger partial charge in [-0.15, -0.1) is 0 Å². The zero-order valence-electron chi connectivity index (χ0n) is 15.2. The fraction of sp³-hybridized carbons (Fsp3) is 0.350. The van der Waals surface area contributed by atoms with Crippen molar-refractivity contribution in [2.45, 2.75) is 19.6 Å². The molecule has 0 aromatic heterocycles. The zero-order valence-corrected chi connectivity index (χ0v) is 16.8. The summed E-state index contributed by atoms with van der Waals surface area (Å²) in [6.45, 7) is -0.398. The Morgan fingerprint density at radius 2 is 2.04 bits per heavy atom. The van der Waals surface area contributed by atoms with Crippen LogP contribution in [-0.2, 0) is 6.54 Å². The van der Waals surface area contributed by atoms with Gasteiger partial charge in [-0.1, -0.05) is 40.2 Å². The standard InChI is InChI=1S/C20H22BrF2N3O2/c21-16-5-3-6-17(10-16)26-9-8-14(13-26)11-24-20(27)25-12-15-4-1-2-7-18(15)28-19(22)23/h1-7,10,14,19H,8-9,11-13H2,(H2,24,25,27). The van der Waals surface area contributed by atoms with Crippen molar-refractivity contribution in [1.29, 1.82) is 0 Å². The van der Waals surface area contributed by atoms with Crippen LogP contribution in [0.3, 0.4) is 0 Å². The van der Waals surface area contributed by atoms with E-state index in [1.54, 1.807) is 18.2 Å². The number of benzene rings is 2. The number of ether oxygens (including phenoxy) is 1. The van der Waals surface area contributed by atoms with Crippen LogP contribution in [0.1, 0.15) is 12.0 Å². The van der Waals surface area contributed by atoms with E-state index in [9.17, 15) is 13.6 Å². The van der Waals surface area contributed by atoms with Crippen LogP contribution in [0, 0.1) is 5.92 Å². The van der Waals surface area contributed by atoms with Crippen molar-refractivity contribution in [3.05, 3.63) is 58.6 Å². The second kappa shape index (κ2) is 9.73. The van der Waals surface area contributed by atoms with Gasteiger partial charge in [-0.2, -0.15) is 8.78 Å². The first-order valence-electron chi connectivity index (χ1n) is 9.06. The molecule has 1 aliphatic heterocycles. The van der Waals surface area contributed by atoms with Gasteiger partial charge in [0.25, 0.3) is 0 Å². The second-order valence-corrected chi connectivity index (χ2v) is 7.55. The van der Waals surface area contributed by atoms with E-state index in [2.05, 4.69) is 48.3 Å². The molecule has 2 amide bonds. The molecular formula is C20H22BrF2N3O2. The van der Waals surface area contributed by atoms with Crippen molar-refractivity contribution < 1.29 is 18.3 Å². The fourth-order valence-corrected chi connectivity index (χ4v) is 3.63. The van der Waals surface area contributed by atoms with Crippen LogP contribution in [-0.4, -0.2) is 32.3 Å². The lowest BCUT2D eigenvalue weighted by molar-refractivity contribution is -0.0504. The molecule has 1 atom stereocenters. The molecule has 2 N–H and O–H groups in total. The number of amides is 2. The van der Waals surface area contributed by atoms with Crippen LogP contribution in [0.5, 0.6) is 5.75 Å². The van der Waals surface area contributed by atoms with E-state index in [1.807, 2.05) is 12.1 Å². The molecule has 1 aliphatic rings. The van der Waals surface area contributed by atoms with E-state index < -0.39 is 6.61 Å². The Morgan fingerprint density at radius 3 is 2.82 bits per heavy atom. The van der Waals surface area contributed by atoms with Crippen LogP contribution < -0.4 is 20.3 Å². The minimum Gasteiger partial charge on any atom is -0.434 e. The first-order valence-corrected chi connectivity index (χ1v) is 9.85. The number of urea groups is 1. The summed E-state index contributed by atoms with van der Waals surface area (Å²) in [5.41, 5.74) is 1.66. The van der Waals surface area contributed by atoms with E-state index in [4.69, 9.17) is 0 Å². The molecule has 1 fully saturated rings. The summed E-state index contributed by atoms with van der Waals surface area (Å²) in [6, 6.07) is 14.3. The maximum Gasteiger partial charge on any atom is 0.387 e. The molecule has 0 aliphatic carbocycles. The molecule has 1 unspecified atom stereocenters. The fourth-order valence-electron chi connectivity index (χ4n) is 3.24. The van der Waals surface area contributed by atoms with Crippen LogP contribution in [0.15, 0.2) is 53.0 Å². The van der Waals surface area contributed by atoms with Crippen molar-refractivity contribution in [1.82, 2.24) is 10.6 Å². The van der Waals surface area contributed by atoms with Gasteiger partial charge in [0.15, 0.2) is 0 Å². The monoisotopic (exact) mass is 453 g/mol. The smallest absolute Gasteiger partial charge is 0.387 e. The zero-order chi connectivity index (χ0) is 19.9. The summed E-state index contributed by atoms with van der Waals surface area (Å²) in [6.07, 6.45) is 0.998. The molecule has 150 valence electrons. The average molecular weight is 454 g/mol. The van der Waals surface area contributed by atoms with Crippen LogP contribution in [0.2, 0.25) is 0 Å². The van der Waals surface area contributed by atoms with Gasteiger partial charge in [-0.05, 0) is 36.6 Å². The van der Waals surface area contributed by atoms with E-state index >= 15 is 0 Å². The number of carbonyl (C=O) groups is 1. The third kappa shape index (κ3) is 5.82. The Morgan fingerprint density at radius 1 is 1.21 bits per heavy atom. The van der Waals surface area contributed by atoms with Gasteiger partial charge in [-0.3, -0.25) is 0 Å². The molecule has 0 spiro atoms. The number of nitrogens with zero attached hydrogens (tertiary/aromatic N) is 1. The average Bonchev–Trinajstić information content (AvgIpc) is 3.14. The van der Waals surface area contributed by atoms with Gasteiger partial charge in [0, 0.05) is 41.9 Å². The largest absolute Gasteiger partial charge is 0.434 e. The summed E-state index contributed by atoms with van der Waals surface area (Å²) in [4.78, 5) is 14.4. The van der Waals surface area contributed by atoms with Crippen LogP contribution in [0.4, 0.5) is 19.3 Å². The highest BCUT2D eigenvalue weighted by Gasteiger charge is 2.23. The van der Waals surface area contributed by atoms with Gasteiger partial charge in [0.1, 0.15) is 5.75 Å². The highest BCUT2D eigenvalue weighted by molar-refractivity contribution is 9.10. The molecule has 0 bridgehead atoms. The predicted octanol–water partition coefficient (Wildman–Crippen LogP) is 4.38. The number of alkyl halides is 2. The number of para-hydroxylation sites is 1. The number of hydrogen-bond acceptors (Lipinski definition) is 3. The highest BCUT2D eigenvalue weighted by Crippen LogP contribution is 2.26. The first kappa shape index (κ1) is 20.4. The Balaban J connectivity index is 1.43. The number of rotatable bonds is 7. The SMILES string of the molecule is O=C(NCc1ccccc1OC(F)F)NCC1CCN(c2cccc(Br)c2)C1. The minimum absolute atomic E-state index is 0.0678. The van der Waals surface area contributed by atoms with Gasteiger partial charge in [-0.25, -0.2) is 4.79 Å². The van der Waals surface area contributed by atoms with Gasteiger partial charge in [0.05, 0.1) is 0 Å². The maximum absolute atomic E-state index is 12.4. The molecule has 3 rings (SSSR count). The molecule has 1 heterocycles. The lowest BCUT2D eigenvalue weighted by Crippen LogP contribution is -2.38. The lowest BCUT2D eigenvalue weighted by Gasteiger charge is -2.19. The van der Waals surface area contributed by atoms with Crippen LogP contribution >= 0.6 is 15.9 Å². The summed E-state index contributed by atoms with van der Waals surface area (Å²) in [5.74, 6) is 0.428. The Hall–Kier alpha value is -2.35. The highest BCUT2D eigenvalue weighted by atomic mass is 79.9. The number of nitrogens with one attached hydrogen (secondary N) is 2. The second-order valence-electron chi connectivity index (χ2n) is 6.63. The number of anilines is 1. The summed E-state index contributed by atoms with van der Waals surface area (Å²) in [7, 11) is 0. The third-order valence-electron chi connectivity index (χ3n) is 4.64. The molecule has 0 saturated carbocycles. The molecule has 0 radical (unpaired) electrons. The van der Waals surface area contributed by atoms with E-state index in [1.165, 1.54) is 6.07 Å². The maximum atomic E-state index is 12.4. The minimum atomic E-state index is -2.90. The van der Waals surface area contributed by atoms with Crippen molar-refractivity contribution in [3.8, 4) is 5.75 Å². The molecule has 1 saturated heterocycles. The Labute approximate surface area is 171 Å². The Kier molecular flexibility index (Phi) is 7.08.